The minimum absolute atomic E-state index is 0.362. The van der Waals surface area contributed by atoms with Gasteiger partial charge in [0.05, 0.1) is 11.3 Å². The molecule has 0 spiro atoms. The number of thioether (sulfide) groups is 1. The molecule has 94 valence electrons. The van der Waals surface area contributed by atoms with Crippen molar-refractivity contribution in [3.8, 4) is 0 Å². The maximum absolute atomic E-state index is 11.2. The fraction of sp³-hybridized carbons (Fsp3) is 0.111. The second-order valence-corrected chi connectivity index (χ2v) is 5.44. The van der Waals surface area contributed by atoms with Gasteiger partial charge in [-0.2, -0.15) is 0 Å². The molecule has 0 saturated carbocycles. The first-order chi connectivity index (χ1) is 8.69. The van der Waals surface area contributed by atoms with E-state index in [4.69, 9.17) is 11.6 Å². The third kappa shape index (κ3) is 3.15. The second kappa shape index (κ2) is 5.76. The molecule has 2 aromatic rings. The quantitative estimate of drug-likeness (QED) is 0.321. The lowest BCUT2D eigenvalue weighted by atomic mass is 10.2. The molecule has 0 atom stereocenters. The van der Waals surface area contributed by atoms with Crippen LogP contribution in [0, 0.1) is 0 Å². The van der Waals surface area contributed by atoms with Crippen LogP contribution >= 0.6 is 23.1 Å². The molecule has 0 unspecified atom stereocenters. The smallest absolute Gasteiger partial charge is 0.266 e. The van der Waals surface area contributed by atoms with Gasteiger partial charge in [-0.05, 0) is 12.1 Å². The molecule has 0 fully saturated rings. The molecule has 5 N–H and O–H groups in total. The molecule has 0 aliphatic rings. The van der Waals surface area contributed by atoms with Crippen LogP contribution in [0.2, 0.25) is 0 Å². The number of nitrogens with zero attached hydrogens (tertiary/aromatic N) is 3. The van der Waals surface area contributed by atoms with Crippen LogP contribution < -0.4 is 17.0 Å². The Morgan fingerprint density at radius 3 is 2.83 bits per heavy atom. The lowest BCUT2D eigenvalue weighted by Crippen LogP contribution is -2.30. The number of amides is 1. The Morgan fingerprint density at radius 2 is 2.28 bits per heavy atom. The van der Waals surface area contributed by atoms with E-state index in [-0.39, 0.29) is 5.91 Å². The van der Waals surface area contributed by atoms with Crippen molar-refractivity contribution in [1.29, 1.82) is 0 Å². The highest BCUT2D eigenvalue weighted by atomic mass is 32.2. The van der Waals surface area contributed by atoms with Gasteiger partial charge in [0.15, 0.2) is 4.34 Å². The Balaban J connectivity index is 1.96. The first-order valence-corrected chi connectivity index (χ1v) is 6.67. The van der Waals surface area contributed by atoms with Crippen LogP contribution in [0.5, 0.6) is 0 Å². The molecule has 0 aliphatic heterocycles. The number of aromatic nitrogens is 3. The molecular formula is C9H10N6OS2. The summed E-state index contributed by atoms with van der Waals surface area (Å²) in [5.41, 5.74) is 8.78. The van der Waals surface area contributed by atoms with Crippen LogP contribution in [0.25, 0.3) is 0 Å². The van der Waals surface area contributed by atoms with Gasteiger partial charge in [-0.25, -0.2) is 5.84 Å². The Labute approximate surface area is 111 Å². The van der Waals surface area contributed by atoms with E-state index >= 15 is 0 Å². The summed E-state index contributed by atoms with van der Waals surface area (Å²) >= 11 is 2.82. The molecule has 9 heteroatoms. The van der Waals surface area contributed by atoms with Crippen molar-refractivity contribution in [3.63, 3.8) is 0 Å². The number of nitrogens with one attached hydrogen (secondary N) is 1. The zero-order valence-electron chi connectivity index (χ0n) is 9.16. The van der Waals surface area contributed by atoms with Crippen molar-refractivity contribution in [2.24, 2.45) is 5.84 Å². The van der Waals surface area contributed by atoms with Crippen molar-refractivity contribution in [1.82, 2.24) is 20.6 Å². The molecule has 2 rings (SSSR count). The fourth-order valence-corrected chi connectivity index (χ4v) is 2.69. The molecule has 0 aromatic carbocycles. The van der Waals surface area contributed by atoms with E-state index in [2.05, 4.69) is 15.2 Å². The minimum atomic E-state index is -0.362. The predicted octanol–water partition coefficient (Wildman–Crippen LogP) is 0.411. The summed E-state index contributed by atoms with van der Waals surface area (Å²) in [5.74, 6) is 5.30. The zero-order valence-corrected chi connectivity index (χ0v) is 10.8. The summed E-state index contributed by atoms with van der Waals surface area (Å²) < 4.78 is 0.790. The van der Waals surface area contributed by atoms with Crippen molar-refractivity contribution in [3.05, 3.63) is 29.6 Å². The van der Waals surface area contributed by atoms with Gasteiger partial charge in [-0.3, -0.25) is 15.2 Å². The lowest BCUT2D eigenvalue weighted by Gasteiger charge is -2.01. The third-order valence-electron chi connectivity index (χ3n) is 1.98. The first kappa shape index (κ1) is 12.7. The minimum Gasteiger partial charge on any atom is -0.374 e. The highest BCUT2D eigenvalue weighted by molar-refractivity contribution is 8.00. The number of rotatable bonds is 4. The van der Waals surface area contributed by atoms with Crippen molar-refractivity contribution < 1.29 is 4.79 Å². The topological polar surface area (TPSA) is 120 Å². The average molecular weight is 282 g/mol. The third-order valence-corrected chi connectivity index (χ3v) is 3.90. The highest BCUT2D eigenvalue weighted by Crippen LogP contribution is 2.26. The number of anilines is 1. The molecule has 0 bridgehead atoms. The standard InChI is InChI=1S/C9H10N6OS2/c10-8-14-15-9(18-8)17-4-6-2-1-5(3-12-6)7(16)13-11/h1-3H,4,11H2,(H2,10,14)(H,13,16). The van der Waals surface area contributed by atoms with Crippen LogP contribution in [-0.2, 0) is 5.75 Å². The molecule has 0 radical (unpaired) electrons. The molecule has 7 nitrogen and oxygen atoms in total. The maximum Gasteiger partial charge on any atom is 0.266 e. The summed E-state index contributed by atoms with van der Waals surface area (Å²) in [7, 11) is 0. The SMILES string of the molecule is NNC(=O)c1ccc(CSc2nnc(N)s2)nc1. The number of carbonyl (C=O) groups excluding carboxylic acids is 1. The molecule has 0 saturated heterocycles. The number of pyridine rings is 1. The van der Waals surface area contributed by atoms with Gasteiger partial charge in [-0.1, -0.05) is 23.1 Å². The Kier molecular flexibility index (Phi) is 4.07. The molecule has 18 heavy (non-hydrogen) atoms. The Morgan fingerprint density at radius 1 is 1.44 bits per heavy atom. The van der Waals surface area contributed by atoms with Gasteiger partial charge >= 0.3 is 0 Å². The summed E-state index contributed by atoms with van der Waals surface area (Å²) in [6, 6.07) is 3.43. The number of hydrazine groups is 1. The predicted molar refractivity (Wildman–Crippen MR) is 69.8 cm³/mol. The molecule has 2 aromatic heterocycles. The van der Waals surface area contributed by atoms with Crippen LogP contribution in [0.1, 0.15) is 16.1 Å². The summed E-state index contributed by atoms with van der Waals surface area (Å²) in [4.78, 5) is 15.4. The van der Waals surface area contributed by atoms with E-state index < -0.39 is 0 Å². The van der Waals surface area contributed by atoms with E-state index in [9.17, 15) is 4.79 Å². The number of hydrogen-bond donors (Lipinski definition) is 3. The monoisotopic (exact) mass is 282 g/mol. The molecule has 0 aliphatic carbocycles. The van der Waals surface area contributed by atoms with Crippen LogP contribution in [0.15, 0.2) is 22.7 Å². The Hall–Kier alpha value is -1.71. The second-order valence-electron chi connectivity index (χ2n) is 3.21. The number of carbonyl (C=O) groups is 1. The van der Waals surface area contributed by atoms with Crippen LogP contribution in [-0.4, -0.2) is 21.1 Å². The van der Waals surface area contributed by atoms with Gasteiger partial charge in [0.1, 0.15) is 0 Å². The van der Waals surface area contributed by atoms with Crippen molar-refractivity contribution >= 4 is 34.1 Å². The van der Waals surface area contributed by atoms with Gasteiger partial charge in [0, 0.05) is 11.9 Å². The normalized spacial score (nSPS) is 10.3. The van der Waals surface area contributed by atoms with E-state index in [1.807, 2.05) is 5.43 Å². The van der Waals surface area contributed by atoms with Gasteiger partial charge < -0.3 is 5.73 Å². The fourth-order valence-electron chi connectivity index (χ4n) is 1.14. The molecule has 2 heterocycles. The van der Waals surface area contributed by atoms with E-state index in [1.165, 1.54) is 29.3 Å². The largest absolute Gasteiger partial charge is 0.374 e. The van der Waals surface area contributed by atoms with Crippen molar-refractivity contribution in [2.75, 3.05) is 5.73 Å². The van der Waals surface area contributed by atoms with E-state index in [0.717, 1.165) is 10.0 Å². The maximum atomic E-state index is 11.2. The van der Waals surface area contributed by atoms with Crippen molar-refractivity contribution in [2.45, 2.75) is 10.1 Å². The summed E-state index contributed by atoms with van der Waals surface area (Å²) in [5, 5.41) is 8.05. The van der Waals surface area contributed by atoms with E-state index in [1.54, 1.807) is 12.1 Å². The lowest BCUT2D eigenvalue weighted by molar-refractivity contribution is 0.0953. The number of hydrogen-bond acceptors (Lipinski definition) is 8. The summed E-state index contributed by atoms with van der Waals surface area (Å²) in [6.07, 6.45) is 1.48. The molecule has 1 amide bonds. The highest BCUT2D eigenvalue weighted by Gasteiger charge is 2.06. The number of nitrogen functional groups attached to an aromatic ring is 2. The first-order valence-electron chi connectivity index (χ1n) is 4.86. The van der Waals surface area contributed by atoms with Gasteiger partial charge in [0.25, 0.3) is 5.91 Å². The van der Waals surface area contributed by atoms with Crippen LogP contribution in [0.4, 0.5) is 5.13 Å². The van der Waals surface area contributed by atoms with Gasteiger partial charge in [-0.15, -0.1) is 10.2 Å². The Bertz CT molecular complexity index is 540. The average Bonchev–Trinajstić information content (AvgIpc) is 2.82. The van der Waals surface area contributed by atoms with Crippen LogP contribution in [0.3, 0.4) is 0 Å². The molecular weight excluding hydrogens is 272 g/mol. The van der Waals surface area contributed by atoms with Gasteiger partial charge in [0.2, 0.25) is 5.13 Å². The summed E-state index contributed by atoms with van der Waals surface area (Å²) in [6.45, 7) is 0. The zero-order chi connectivity index (χ0) is 13.0. The van der Waals surface area contributed by atoms with E-state index in [0.29, 0.717) is 16.4 Å². The number of nitrogens with two attached hydrogens (primary N) is 2.